The Balaban J connectivity index is 1.56. The fourth-order valence-corrected chi connectivity index (χ4v) is 5.24. The van der Waals surface area contributed by atoms with Crippen LogP contribution in [0.4, 0.5) is 0 Å². The second-order valence-corrected chi connectivity index (χ2v) is 7.73. The van der Waals surface area contributed by atoms with Gasteiger partial charge in [0.1, 0.15) is 5.01 Å². The highest BCUT2D eigenvalue weighted by atomic mass is 32.1. The molecule has 4 heterocycles. The molecule has 1 aromatic rings. The Kier molecular flexibility index (Phi) is 4.00. The standard InChI is InChI=1S/C16H26N4S/c1-2-6-17-12-4-3-5-14-15(12)18-16(21-14)13-11-19-7-9-20(13)10-8-19/h12-13,17H,2-11H2,1H3. The molecule has 1 aromatic heterocycles. The van der Waals surface area contributed by atoms with Gasteiger partial charge in [-0.2, -0.15) is 0 Å². The first-order chi connectivity index (χ1) is 10.3. The molecule has 2 unspecified atom stereocenters. The molecule has 2 bridgehead atoms. The zero-order valence-electron chi connectivity index (χ0n) is 13.0. The van der Waals surface area contributed by atoms with E-state index in [1.165, 1.54) is 69.1 Å². The molecular formula is C16H26N4S. The summed E-state index contributed by atoms with van der Waals surface area (Å²) in [6.45, 7) is 9.51. The van der Waals surface area contributed by atoms with Crippen LogP contribution in [-0.2, 0) is 6.42 Å². The van der Waals surface area contributed by atoms with Crippen LogP contribution in [0, 0.1) is 0 Å². The van der Waals surface area contributed by atoms with Crippen molar-refractivity contribution in [1.82, 2.24) is 20.1 Å². The van der Waals surface area contributed by atoms with Crippen LogP contribution in [0.1, 0.15) is 53.8 Å². The van der Waals surface area contributed by atoms with Gasteiger partial charge in [-0.25, -0.2) is 4.98 Å². The normalized spacial score (nSPS) is 34.9. The molecule has 0 spiro atoms. The lowest BCUT2D eigenvalue weighted by Crippen LogP contribution is -2.56. The minimum Gasteiger partial charge on any atom is -0.309 e. The van der Waals surface area contributed by atoms with Gasteiger partial charge >= 0.3 is 0 Å². The van der Waals surface area contributed by atoms with E-state index in [0.717, 1.165) is 6.54 Å². The van der Waals surface area contributed by atoms with E-state index in [1.54, 1.807) is 4.88 Å². The Morgan fingerprint density at radius 1 is 1.29 bits per heavy atom. The molecule has 3 fully saturated rings. The van der Waals surface area contributed by atoms with Crippen molar-refractivity contribution in [1.29, 1.82) is 0 Å². The van der Waals surface area contributed by atoms with Crippen molar-refractivity contribution in [3.8, 4) is 0 Å². The van der Waals surface area contributed by atoms with Crippen molar-refractivity contribution in [2.24, 2.45) is 0 Å². The Bertz CT molecular complexity index is 492. The summed E-state index contributed by atoms with van der Waals surface area (Å²) in [4.78, 5) is 11.9. The van der Waals surface area contributed by atoms with E-state index < -0.39 is 0 Å². The number of hydrogen-bond acceptors (Lipinski definition) is 5. The average Bonchev–Trinajstić information content (AvgIpc) is 2.98. The number of hydrogen-bond donors (Lipinski definition) is 1. The number of rotatable bonds is 4. The summed E-state index contributed by atoms with van der Waals surface area (Å²) in [6, 6.07) is 1.07. The first-order valence-corrected chi connectivity index (χ1v) is 9.36. The van der Waals surface area contributed by atoms with Crippen LogP contribution in [0.2, 0.25) is 0 Å². The Morgan fingerprint density at radius 2 is 2.14 bits per heavy atom. The number of piperazine rings is 3. The van der Waals surface area contributed by atoms with E-state index in [2.05, 4.69) is 22.0 Å². The Hall–Kier alpha value is -0.490. The van der Waals surface area contributed by atoms with Gasteiger partial charge < -0.3 is 5.32 Å². The zero-order valence-corrected chi connectivity index (χ0v) is 13.8. The number of thiazole rings is 1. The minimum atomic E-state index is 0.509. The van der Waals surface area contributed by atoms with E-state index >= 15 is 0 Å². The summed E-state index contributed by atoms with van der Waals surface area (Å²) < 4.78 is 0. The molecular weight excluding hydrogens is 280 g/mol. The molecule has 116 valence electrons. The van der Waals surface area contributed by atoms with Gasteiger partial charge in [0.2, 0.25) is 0 Å². The smallest absolute Gasteiger partial charge is 0.112 e. The van der Waals surface area contributed by atoms with Crippen molar-refractivity contribution in [3.05, 3.63) is 15.6 Å². The van der Waals surface area contributed by atoms with Gasteiger partial charge in [-0.3, -0.25) is 9.80 Å². The fraction of sp³-hybridized carbons (Fsp3) is 0.812. The van der Waals surface area contributed by atoms with Crippen molar-refractivity contribution in [2.45, 2.75) is 44.7 Å². The van der Waals surface area contributed by atoms with E-state index in [4.69, 9.17) is 4.98 Å². The van der Waals surface area contributed by atoms with Gasteiger partial charge in [0.25, 0.3) is 0 Å². The minimum absolute atomic E-state index is 0.509. The maximum absolute atomic E-state index is 5.12. The lowest BCUT2D eigenvalue weighted by molar-refractivity contribution is 0.0122. The van der Waals surface area contributed by atoms with E-state index in [0.29, 0.717) is 12.1 Å². The van der Waals surface area contributed by atoms with Crippen molar-refractivity contribution < 1.29 is 0 Å². The Labute approximate surface area is 131 Å². The number of nitrogens with zero attached hydrogens (tertiary/aromatic N) is 3. The van der Waals surface area contributed by atoms with Crippen molar-refractivity contribution in [3.63, 3.8) is 0 Å². The molecule has 3 aliphatic heterocycles. The van der Waals surface area contributed by atoms with Gasteiger partial charge in [-0.15, -0.1) is 11.3 Å². The first kappa shape index (κ1) is 14.1. The van der Waals surface area contributed by atoms with Crippen LogP contribution in [0.25, 0.3) is 0 Å². The second-order valence-electron chi connectivity index (χ2n) is 6.61. The van der Waals surface area contributed by atoms with Gasteiger partial charge in [-0.1, -0.05) is 6.92 Å². The lowest BCUT2D eigenvalue weighted by Gasteiger charge is -2.46. The van der Waals surface area contributed by atoms with Gasteiger partial charge in [0.05, 0.1) is 17.8 Å². The number of fused-ring (bicyclic) bond motifs is 4. The third-order valence-electron chi connectivity index (χ3n) is 5.18. The Morgan fingerprint density at radius 3 is 2.86 bits per heavy atom. The van der Waals surface area contributed by atoms with E-state index in [9.17, 15) is 0 Å². The molecule has 0 radical (unpaired) electrons. The highest BCUT2D eigenvalue weighted by molar-refractivity contribution is 7.11. The predicted octanol–water partition coefficient (Wildman–Crippen LogP) is 2.19. The topological polar surface area (TPSA) is 31.4 Å². The van der Waals surface area contributed by atoms with E-state index in [1.807, 2.05) is 11.3 Å². The molecule has 5 rings (SSSR count). The van der Waals surface area contributed by atoms with Gasteiger partial charge in [0.15, 0.2) is 0 Å². The van der Waals surface area contributed by atoms with Crippen LogP contribution in [0.15, 0.2) is 0 Å². The van der Waals surface area contributed by atoms with E-state index in [-0.39, 0.29) is 0 Å². The zero-order chi connectivity index (χ0) is 14.2. The summed E-state index contributed by atoms with van der Waals surface area (Å²) in [6.07, 6.45) is 5.02. The first-order valence-electron chi connectivity index (χ1n) is 8.54. The molecule has 5 heteroatoms. The maximum Gasteiger partial charge on any atom is 0.112 e. The molecule has 3 saturated heterocycles. The lowest BCUT2D eigenvalue weighted by atomic mass is 9.97. The molecule has 0 amide bonds. The van der Waals surface area contributed by atoms with Crippen LogP contribution in [0.3, 0.4) is 0 Å². The van der Waals surface area contributed by atoms with Crippen molar-refractivity contribution in [2.75, 3.05) is 39.3 Å². The number of aromatic nitrogens is 1. The van der Waals surface area contributed by atoms with Gasteiger partial charge in [-0.05, 0) is 32.2 Å². The highest BCUT2D eigenvalue weighted by Crippen LogP contribution is 2.38. The fourth-order valence-electron chi connectivity index (χ4n) is 3.95. The van der Waals surface area contributed by atoms with Crippen LogP contribution in [-0.4, -0.2) is 54.1 Å². The SMILES string of the molecule is CCCNC1CCCc2sc(C3CN4CCN3CC4)nc21. The molecule has 4 nitrogen and oxygen atoms in total. The molecule has 21 heavy (non-hydrogen) atoms. The highest BCUT2D eigenvalue weighted by Gasteiger charge is 2.36. The third-order valence-corrected chi connectivity index (χ3v) is 6.41. The largest absolute Gasteiger partial charge is 0.309 e. The van der Waals surface area contributed by atoms with Gasteiger partial charge in [0, 0.05) is 37.6 Å². The van der Waals surface area contributed by atoms with Crippen LogP contribution in [0.5, 0.6) is 0 Å². The predicted molar refractivity (Wildman–Crippen MR) is 86.8 cm³/mol. The molecule has 2 atom stereocenters. The van der Waals surface area contributed by atoms with Crippen LogP contribution < -0.4 is 5.32 Å². The summed E-state index contributed by atoms with van der Waals surface area (Å²) >= 11 is 2.00. The van der Waals surface area contributed by atoms with Crippen LogP contribution >= 0.6 is 11.3 Å². The molecule has 1 aliphatic carbocycles. The number of nitrogens with one attached hydrogen (secondary N) is 1. The molecule has 0 saturated carbocycles. The number of aryl methyl sites for hydroxylation is 1. The average molecular weight is 306 g/mol. The molecule has 4 aliphatic rings. The summed E-state index contributed by atoms with van der Waals surface area (Å²) in [5.74, 6) is 0. The quantitative estimate of drug-likeness (QED) is 0.924. The third kappa shape index (κ3) is 2.65. The summed E-state index contributed by atoms with van der Waals surface area (Å²) in [5, 5.41) is 5.08. The second kappa shape index (κ2) is 5.95. The molecule has 1 N–H and O–H groups in total. The van der Waals surface area contributed by atoms with Crippen molar-refractivity contribution >= 4 is 11.3 Å². The summed E-state index contributed by atoms with van der Waals surface area (Å²) in [5.41, 5.74) is 1.38. The summed E-state index contributed by atoms with van der Waals surface area (Å²) in [7, 11) is 0. The maximum atomic E-state index is 5.12. The monoisotopic (exact) mass is 306 g/mol. The molecule has 0 aromatic carbocycles.